The number of halogens is 2. The summed E-state index contributed by atoms with van der Waals surface area (Å²) in [5, 5.41) is 3.61. The second-order valence-corrected chi connectivity index (χ2v) is 5.68. The van der Waals surface area contributed by atoms with Crippen molar-refractivity contribution in [2.75, 3.05) is 7.11 Å². The van der Waals surface area contributed by atoms with Gasteiger partial charge in [-0.05, 0) is 53.4 Å². The van der Waals surface area contributed by atoms with Crippen LogP contribution in [0.25, 0.3) is 0 Å². The van der Waals surface area contributed by atoms with Gasteiger partial charge in [-0.15, -0.1) is 0 Å². The number of amides is 1. The van der Waals surface area contributed by atoms with Crippen molar-refractivity contribution < 1.29 is 9.53 Å². The van der Waals surface area contributed by atoms with Gasteiger partial charge in [0.25, 0.3) is 5.91 Å². The second-order valence-electron chi connectivity index (χ2n) is 4.41. The molecule has 0 spiro atoms. The standard InChI is InChI=1S/C13H15BrClNO2/c1-18-12-4-2-3-11(12)16-13(17)8-5-6-10(15)9(14)7-8/h5-7,11-12H,2-4H2,1H3,(H,16,17). The van der Waals surface area contributed by atoms with Gasteiger partial charge in [-0.3, -0.25) is 4.79 Å². The fourth-order valence-electron chi connectivity index (χ4n) is 2.26. The van der Waals surface area contributed by atoms with E-state index < -0.39 is 0 Å². The van der Waals surface area contributed by atoms with Crippen LogP contribution in [0.4, 0.5) is 0 Å². The molecule has 18 heavy (non-hydrogen) atoms. The van der Waals surface area contributed by atoms with Crippen LogP contribution < -0.4 is 5.32 Å². The zero-order valence-electron chi connectivity index (χ0n) is 10.1. The molecule has 1 aromatic rings. The van der Waals surface area contributed by atoms with E-state index in [9.17, 15) is 4.79 Å². The number of carbonyl (C=O) groups is 1. The Morgan fingerprint density at radius 2 is 2.28 bits per heavy atom. The molecule has 1 aliphatic carbocycles. The van der Waals surface area contributed by atoms with Gasteiger partial charge >= 0.3 is 0 Å². The minimum absolute atomic E-state index is 0.0821. The number of methoxy groups -OCH3 is 1. The predicted octanol–water partition coefficient (Wildman–Crippen LogP) is 3.40. The number of nitrogens with one attached hydrogen (secondary N) is 1. The molecular weight excluding hydrogens is 318 g/mol. The number of ether oxygens (including phenoxy) is 1. The lowest BCUT2D eigenvalue weighted by Crippen LogP contribution is -2.40. The van der Waals surface area contributed by atoms with E-state index in [1.165, 1.54) is 0 Å². The SMILES string of the molecule is COC1CCCC1NC(=O)c1ccc(Cl)c(Br)c1. The van der Waals surface area contributed by atoms with Crippen molar-refractivity contribution in [3.63, 3.8) is 0 Å². The molecule has 1 aliphatic rings. The molecule has 0 bridgehead atoms. The highest BCUT2D eigenvalue weighted by Gasteiger charge is 2.28. The summed E-state index contributed by atoms with van der Waals surface area (Å²) in [7, 11) is 1.69. The van der Waals surface area contributed by atoms with E-state index in [0.29, 0.717) is 10.6 Å². The van der Waals surface area contributed by atoms with Crippen molar-refractivity contribution in [3.8, 4) is 0 Å². The van der Waals surface area contributed by atoms with Crippen molar-refractivity contribution >= 4 is 33.4 Å². The first kappa shape index (κ1) is 13.8. The highest BCUT2D eigenvalue weighted by molar-refractivity contribution is 9.10. The summed E-state index contributed by atoms with van der Waals surface area (Å²) in [5.74, 6) is -0.0821. The minimum Gasteiger partial charge on any atom is -0.379 e. The molecule has 2 rings (SSSR count). The largest absolute Gasteiger partial charge is 0.379 e. The molecule has 1 fully saturated rings. The van der Waals surface area contributed by atoms with E-state index in [1.54, 1.807) is 25.3 Å². The lowest BCUT2D eigenvalue weighted by Gasteiger charge is -2.19. The van der Waals surface area contributed by atoms with Gasteiger partial charge in [0.05, 0.1) is 17.2 Å². The van der Waals surface area contributed by atoms with E-state index in [0.717, 1.165) is 23.7 Å². The third-order valence-corrected chi connectivity index (χ3v) is 4.47. The summed E-state index contributed by atoms with van der Waals surface area (Å²) < 4.78 is 6.09. The summed E-state index contributed by atoms with van der Waals surface area (Å²) in [6, 6.07) is 5.27. The molecule has 2 atom stereocenters. The van der Waals surface area contributed by atoms with Crippen LogP contribution in [-0.4, -0.2) is 25.2 Å². The molecule has 1 aromatic carbocycles. The molecule has 3 nitrogen and oxygen atoms in total. The number of benzene rings is 1. The van der Waals surface area contributed by atoms with Crippen molar-refractivity contribution in [2.45, 2.75) is 31.4 Å². The summed E-state index contributed by atoms with van der Waals surface area (Å²) >= 11 is 9.22. The Morgan fingerprint density at radius 1 is 1.50 bits per heavy atom. The van der Waals surface area contributed by atoms with Crippen LogP contribution >= 0.6 is 27.5 Å². The van der Waals surface area contributed by atoms with Gasteiger partial charge in [0.1, 0.15) is 0 Å². The van der Waals surface area contributed by atoms with Crippen LogP contribution in [0.5, 0.6) is 0 Å². The van der Waals surface area contributed by atoms with Gasteiger partial charge in [-0.25, -0.2) is 0 Å². The van der Waals surface area contributed by atoms with Gasteiger partial charge < -0.3 is 10.1 Å². The Labute approximate surface area is 120 Å². The first-order valence-corrected chi connectivity index (χ1v) is 7.07. The van der Waals surface area contributed by atoms with Gasteiger partial charge in [0.15, 0.2) is 0 Å². The zero-order chi connectivity index (χ0) is 13.1. The molecule has 0 heterocycles. The van der Waals surface area contributed by atoms with Crippen molar-refractivity contribution in [1.29, 1.82) is 0 Å². The van der Waals surface area contributed by atoms with Crippen molar-refractivity contribution in [2.24, 2.45) is 0 Å². The molecular formula is C13H15BrClNO2. The van der Waals surface area contributed by atoms with E-state index >= 15 is 0 Å². The number of carbonyl (C=O) groups excluding carboxylic acids is 1. The van der Waals surface area contributed by atoms with Gasteiger partial charge in [-0.1, -0.05) is 11.6 Å². The lowest BCUT2D eigenvalue weighted by molar-refractivity contribution is 0.0722. The first-order valence-electron chi connectivity index (χ1n) is 5.90. The maximum Gasteiger partial charge on any atom is 0.251 e. The molecule has 1 N–H and O–H groups in total. The fourth-order valence-corrected chi connectivity index (χ4v) is 2.76. The molecule has 0 aromatic heterocycles. The van der Waals surface area contributed by atoms with Crippen LogP contribution in [0.1, 0.15) is 29.6 Å². The Balaban J connectivity index is 2.05. The number of hydrogen-bond donors (Lipinski definition) is 1. The van der Waals surface area contributed by atoms with Crippen LogP contribution in [-0.2, 0) is 4.74 Å². The van der Waals surface area contributed by atoms with Crippen LogP contribution in [0, 0.1) is 0 Å². The van der Waals surface area contributed by atoms with Crippen molar-refractivity contribution in [1.82, 2.24) is 5.32 Å². The zero-order valence-corrected chi connectivity index (χ0v) is 12.4. The molecule has 5 heteroatoms. The van der Waals surface area contributed by atoms with E-state index in [4.69, 9.17) is 16.3 Å². The smallest absolute Gasteiger partial charge is 0.251 e. The molecule has 1 saturated carbocycles. The summed E-state index contributed by atoms with van der Waals surface area (Å²) in [5.41, 5.74) is 0.605. The summed E-state index contributed by atoms with van der Waals surface area (Å²) in [6.45, 7) is 0. The maximum absolute atomic E-state index is 12.1. The summed E-state index contributed by atoms with van der Waals surface area (Å²) in [4.78, 5) is 12.1. The fraction of sp³-hybridized carbons (Fsp3) is 0.462. The van der Waals surface area contributed by atoms with Crippen LogP contribution in [0.3, 0.4) is 0 Å². The quantitative estimate of drug-likeness (QED) is 0.921. The van der Waals surface area contributed by atoms with Gasteiger partial charge in [0, 0.05) is 17.1 Å². The average Bonchev–Trinajstić information content (AvgIpc) is 2.79. The third kappa shape index (κ3) is 3.05. The minimum atomic E-state index is -0.0821. The highest BCUT2D eigenvalue weighted by atomic mass is 79.9. The average molecular weight is 333 g/mol. The first-order chi connectivity index (χ1) is 8.61. The molecule has 0 saturated heterocycles. The molecule has 98 valence electrons. The van der Waals surface area contributed by atoms with Gasteiger partial charge in [-0.2, -0.15) is 0 Å². The molecule has 1 amide bonds. The highest BCUT2D eigenvalue weighted by Crippen LogP contribution is 2.24. The van der Waals surface area contributed by atoms with Crippen LogP contribution in [0.15, 0.2) is 22.7 Å². The third-order valence-electron chi connectivity index (χ3n) is 3.25. The van der Waals surface area contributed by atoms with Gasteiger partial charge in [0.2, 0.25) is 0 Å². The van der Waals surface area contributed by atoms with E-state index in [1.807, 2.05) is 0 Å². The monoisotopic (exact) mass is 331 g/mol. The maximum atomic E-state index is 12.1. The van der Waals surface area contributed by atoms with E-state index in [-0.39, 0.29) is 18.1 Å². The molecule has 2 unspecified atom stereocenters. The Morgan fingerprint density at radius 3 is 2.94 bits per heavy atom. The van der Waals surface area contributed by atoms with Crippen molar-refractivity contribution in [3.05, 3.63) is 33.3 Å². The van der Waals surface area contributed by atoms with Crippen LogP contribution in [0.2, 0.25) is 5.02 Å². The predicted molar refractivity (Wildman–Crippen MR) is 75.1 cm³/mol. The molecule has 0 radical (unpaired) electrons. The second kappa shape index (κ2) is 6.04. The Hall–Kier alpha value is -0.580. The molecule has 0 aliphatic heterocycles. The van der Waals surface area contributed by atoms with E-state index in [2.05, 4.69) is 21.2 Å². The number of rotatable bonds is 3. The Bertz CT molecular complexity index is 453. The topological polar surface area (TPSA) is 38.3 Å². The number of hydrogen-bond acceptors (Lipinski definition) is 2. The Kier molecular flexibility index (Phi) is 4.65. The lowest BCUT2D eigenvalue weighted by atomic mass is 10.1. The summed E-state index contributed by atoms with van der Waals surface area (Å²) in [6.07, 6.45) is 3.20. The normalized spacial score (nSPS) is 23.1.